The van der Waals surface area contributed by atoms with E-state index in [1.165, 1.54) is 32.2 Å². The molecule has 0 aromatic carbocycles. The summed E-state index contributed by atoms with van der Waals surface area (Å²) in [5.41, 5.74) is 0. The Morgan fingerprint density at radius 2 is 1.69 bits per heavy atom. The van der Waals surface area contributed by atoms with Crippen LogP contribution in [-0.4, -0.2) is 23.5 Å². The van der Waals surface area contributed by atoms with Crippen LogP contribution in [0.15, 0.2) is 0 Å². The molecule has 0 radical (unpaired) electrons. The molecular formula is C12H25N. The highest BCUT2D eigenvalue weighted by Gasteiger charge is 2.24. The van der Waals surface area contributed by atoms with Gasteiger partial charge in [0.2, 0.25) is 0 Å². The molecule has 0 atom stereocenters. The molecule has 1 aliphatic rings. The van der Waals surface area contributed by atoms with Gasteiger partial charge in [-0.1, -0.05) is 13.8 Å². The van der Waals surface area contributed by atoms with Crippen LogP contribution in [0.1, 0.15) is 53.4 Å². The van der Waals surface area contributed by atoms with Crippen molar-refractivity contribution in [3.63, 3.8) is 0 Å². The summed E-state index contributed by atoms with van der Waals surface area (Å²) >= 11 is 0. The van der Waals surface area contributed by atoms with Crippen LogP contribution in [0, 0.1) is 5.92 Å². The van der Waals surface area contributed by atoms with Crippen molar-refractivity contribution in [3.8, 4) is 0 Å². The standard InChI is InChI=1S/C12H25N/c1-5-13(10(2)3)12-8-6-11(4)7-9-12/h10-12H,5-9H2,1-4H3. The van der Waals surface area contributed by atoms with Crippen molar-refractivity contribution < 1.29 is 0 Å². The minimum atomic E-state index is 0.725. The van der Waals surface area contributed by atoms with Crippen LogP contribution in [0.25, 0.3) is 0 Å². The van der Waals surface area contributed by atoms with E-state index in [-0.39, 0.29) is 0 Å². The van der Waals surface area contributed by atoms with E-state index in [0.29, 0.717) is 0 Å². The molecule has 1 rings (SSSR count). The molecule has 1 saturated carbocycles. The number of hydrogen-bond acceptors (Lipinski definition) is 1. The van der Waals surface area contributed by atoms with Crippen LogP contribution in [-0.2, 0) is 0 Å². The zero-order chi connectivity index (χ0) is 9.84. The molecule has 78 valence electrons. The van der Waals surface area contributed by atoms with E-state index >= 15 is 0 Å². The maximum Gasteiger partial charge on any atom is 0.00980 e. The van der Waals surface area contributed by atoms with Gasteiger partial charge in [0.15, 0.2) is 0 Å². The monoisotopic (exact) mass is 183 g/mol. The third-order valence-corrected chi connectivity index (χ3v) is 3.48. The topological polar surface area (TPSA) is 3.24 Å². The van der Waals surface area contributed by atoms with E-state index in [9.17, 15) is 0 Å². The summed E-state index contributed by atoms with van der Waals surface area (Å²) in [7, 11) is 0. The van der Waals surface area contributed by atoms with Crippen LogP contribution in [0.5, 0.6) is 0 Å². The highest BCUT2D eigenvalue weighted by Crippen LogP contribution is 2.27. The van der Waals surface area contributed by atoms with Crippen LogP contribution < -0.4 is 0 Å². The lowest BCUT2D eigenvalue weighted by Crippen LogP contribution is -2.42. The molecule has 0 amide bonds. The van der Waals surface area contributed by atoms with Gasteiger partial charge in [-0.15, -0.1) is 0 Å². The van der Waals surface area contributed by atoms with E-state index in [1.807, 2.05) is 0 Å². The van der Waals surface area contributed by atoms with Crippen LogP contribution in [0.4, 0.5) is 0 Å². The van der Waals surface area contributed by atoms with Gasteiger partial charge < -0.3 is 0 Å². The Morgan fingerprint density at radius 3 is 2.08 bits per heavy atom. The average molecular weight is 183 g/mol. The fourth-order valence-corrected chi connectivity index (χ4v) is 2.62. The maximum absolute atomic E-state index is 2.66. The Hall–Kier alpha value is -0.0400. The predicted octanol–water partition coefficient (Wildman–Crippen LogP) is 3.30. The summed E-state index contributed by atoms with van der Waals surface area (Å²) in [6.07, 6.45) is 5.72. The summed E-state index contributed by atoms with van der Waals surface area (Å²) in [5.74, 6) is 0.974. The molecule has 13 heavy (non-hydrogen) atoms. The normalized spacial score (nSPS) is 30.0. The quantitative estimate of drug-likeness (QED) is 0.649. The van der Waals surface area contributed by atoms with E-state index in [4.69, 9.17) is 0 Å². The molecular weight excluding hydrogens is 158 g/mol. The molecule has 0 saturated heterocycles. The van der Waals surface area contributed by atoms with Gasteiger partial charge in [0.05, 0.1) is 0 Å². The first-order valence-corrected chi connectivity index (χ1v) is 5.90. The van der Waals surface area contributed by atoms with Crippen molar-refractivity contribution in [1.29, 1.82) is 0 Å². The maximum atomic E-state index is 2.66. The van der Waals surface area contributed by atoms with Gasteiger partial charge in [0.25, 0.3) is 0 Å². The number of hydrogen-bond donors (Lipinski definition) is 0. The molecule has 1 fully saturated rings. The van der Waals surface area contributed by atoms with Crippen molar-refractivity contribution in [3.05, 3.63) is 0 Å². The van der Waals surface area contributed by atoms with E-state index in [0.717, 1.165) is 18.0 Å². The Labute approximate surface area is 83.5 Å². The van der Waals surface area contributed by atoms with Crippen molar-refractivity contribution in [2.75, 3.05) is 6.54 Å². The summed E-state index contributed by atoms with van der Waals surface area (Å²) < 4.78 is 0. The summed E-state index contributed by atoms with van der Waals surface area (Å²) in [6, 6.07) is 1.60. The van der Waals surface area contributed by atoms with Gasteiger partial charge in [-0.3, -0.25) is 4.90 Å². The first-order valence-electron chi connectivity index (χ1n) is 5.90. The fourth-order valence-electron chi connectivity index (χ4n) is 2.62. The van der Waals surface area contributed by atoms with Gasteiger partial charge >= 0.3 is 0 Å². The molecule has 0 spiro atoms. The molecule has 0 heterocycles. The Bertz CT molecular complexity index is 134. The summed E-state index contributed by atoms with van der Waals surface area (Å²) in [4.78, 5) is 2.66. The molecule has 0 aromatic rings. The Kier molecular flexibility index (Phi) is 4.24. The van der Waals surface area contributed by atoms with Crippen molar-refractivity contribution in [1.82, 2.24) is 4.90 Å². The Morgan fingerprint density at radius 1 is 1.15 bits per heavy atom. The Balaban J connectivity index is 2.41. The third kappa shape index (κ3) is 2.98. The lowest BCUT2D eigenvalue weighted by Gasteiger charge is -2.38. The number of nitrogens with zero attached hydrogens (tertiary/aromatic N) is 1. The minimum absolute atomic E-state index is 0.725. The third-order valence-electron chi connectivity index (χ3n) is 3.48. The molecule has 0 N–H and O–H groups in total. The van der Waals surface area contributed by atoms with Crippen LogP contribution in [0.3, 0.4) is 0 Å². The first-order chi connectivity index (χ1) is 6.15. The van der Waals surface area contributed by atoms with Gasteiger partial charge in [0, 0.05) is 12.1 Å². The lowest BCUT2D eigenvalue weighted by molar-refractivity contribution is 0.114. The molecule has 0 unspecified atom stereocenters. The highest BCUT2D eigenvalue weighted by molar-refractivity contribution is 4.79. The van der Waals surface area contributed by atoms with E-state index in [1.54, 1.807) is 0 Å². The number of rotatable bonds is 3. The lowest BCUT2D eigenvalue weighted by atomic mass is 9.86. The van der Waals surface area contributed by atoms with Gasteiger partial charge in [-0.05, 0) is 52.0 Å². The molecule has 0 aliphatic heterocycles. The second-order valence-electron chi connectivity index (χ2n) is 4.84. The zero-order valence-electron chi connectivity index (χ0n) is 9.71. The largest absolute Gasteiger partial charge is 0.298 e. The molecule has 0 bridgehead atoms. The first kappa shape index (κ1) is 11.0. The second kappa shape index (κ2) is 4.99. The molecule has 1 aliphatic carbocycles. The van der Waals surface area contributed by atoms with Crippen LogP contribution >= 0.6 is 0 Å². The van der Waals surface area contributed by atoms with Crippen molar-refractivity contribution in [2.24, 2.45) is 5.92 Å². The average Bonchev–Trinajstić information content (AvgIpc) is 2.09. The summed E-state index contributed by atoms with van der Waals surface area (Å²) in [6.45, 7) is 10.5. The fraction of sp³-hybridized carbons (Fsp3) is 1.00. The zero-order valence-corrected chi connectivity index (χ0v) is 9.71. The molecule has 0 aromatic heterocycles. The van der Waals surface area contributed by atoms with Crippen LogP contribution in [0.2, 0.25) is 0 Å². The van der Waals surface area contributed by atoms with Gasteiger partial charge in [0.1, 0.15) is 0 Å². The van der Waals surface area contributed by atoms with Crippen molar-refractivity contribution >= 4 is 0 Å². The second-order valence-corrected chi connectivity index (χ2v) is 4.84. The molecule has 1 heteroatoms. The highest BCUT2D eigenvalue weighted by atomic mass is 15.2. The predicted molar refractivity (Wildman–Crippen MR) is 58.9 cm³/mol. The van der Waals surface area contributed by atoms with Gasteiger partial charge in [-0.25, -0.2) is 0 Å². The SMILES string of the molecule is CCN(C(C)C)C1CCC(C)CC1. The van der Waals surface area contributed by atoms with Gasteiger partial charge in [-0.2, -0.15) is 0 Å². The van der Waals surface area contributed by atoms with E-state index in [2.05, 4.69) is 32.6 Å². The summed E-state index contributed by atoms with van der Waals surface area (Å²) in [5, 5.41) is 0. The van der Waals surface area contributed by atoms with Crippen molar-refractivity contribution in [2.45, 2.75) is 65.5 Å². The van der Waals surface area contributed by atoms with E-state index < -0.39 is 0 Å². The molecule has 1 nitrogen and oxygen atoms in total. The minimum Gasteiger partial charge on any atom is -0.298 e. The smallest absolute Gasteiger partial charge is 0.00980 e.